The molecule has 1 aliphatic heterocycles. The molecular formula is C20H22N4. The minimum Gasteiger partial charge on any atom is -0.339 e. The van der Waals surface area contributed by atoms with Gasteiger partial charge in [-0.25, -0.2) is 0 Å². The summed E-state index contributed by atoms with van der Waals surface area (Å²) in [4.78, 5) is 2.41. The van der Waals surface area contributed by atoms with Crippen LogP contribution in [0.4, 0.5) is 11.4 Å². The molecule has 4 nitrogen and oxygen atoms in total. The summed E-state index contributed by atoms with van der Waals surface area (Å²) in [5, 5.41) is 8.84. The number of anilines is 2. The molecule has 2 aromatic carbocycles. The van der Waals surface area contributed by atoms with Crippen LogP contribution in [0.25, 0.3) is 5.69 Å². The molecule has 0 saturated carbocycles. The minimum absolute atomic E-state index is 0.347. The third-order valence-corrected chi connectivity index (χ3v) is 4.87. The van der Waals surface area contributed by atoms with Gasteiger partial charge in [0.05, 0.1) is 11.4 Å². The zero-order valence-corrected chi connectivity index (χ0v) is 14.4. The van der Waals surface area contributed by atoms with E-state index in [9.17, 15) is 0 Å². The van der Waals surface area contributed by atoms with Crippen molar-refractivity contribution in [2.24, 2.45) is 0 Å². The fraction of sp³-hybridized carbons (Fsp3) is 0.300. The lowest BCUT2D eigenvalue weighted by Gasteiger charge is -2.27. The molecule has 0 aliphatic carbocycles. The van der Waals surface area contributed by atoms with E-state index in [0.29, 0.717) is 5.92 Å². The zero-order valence-electron chi connectivity index (χ0n) is 14.4. The number of aryl methyl sites for hydroxylation is 2. The van der Waals surface area contributed by atoms with Gasteiger partial charge in [-0.2, -0.15) is 0 Å². The quantitative estimate of drug-likeness (QED) is 0.696. The van der Waals surface area contributed by atoms with E-state index in [0.717, 1.165) is 30.3 Å². The molecule has 2 heterocycles. The Morgan fingerprint density at radius 2 is 1.67 bits per heavy atom. The van der Waals surface area contributed by atoms with Crippen LogP contribution in [0.2, 0.25) is 0 Å². The fourth-order valence-corrected chi connectivity index (χ4v) is 3.50. The number of hydrogen-bond donors (Lipinski definition) is 0. The summed E-state index contributed by atoms with van der Waals surface area (Å²) in [6.07, 6.45) is 1.04. The summed E-state index contributed by atoms with van der Waals surface area (Å²) >= 11 is 0. The first-order chi connectivity index (χ1) is 11.7. The molecule has 1 aromatic heterocycles. The van der Waals surface area contributed by atoms with Crippen molar-refractivity contribution in [3.63, 3.8) is 0 Å². The van der Waals surface area contributed by atoms with E-state index in [-0.39, 0.29) is 0 Å². The molecule has 0 bridgehead atoms. The Balaban J connectivity index is 1.94. The number of hydrogen-bond acceptors (Lipinski definition) is 3. The number of rotatable bonds is 2. The summed E-state index contributed by atoms with van der Waals surface area (Å²) in [6, 6.07) is 17.3. The Kier molecular flexibility index (Phi) is 3.60. The van der Waals surface area contributed by atoms with Gasteiger partial charge >= 0.3 is 0 Å². The van der Waals surface area contributed by atoms with Crippen molar-refractivity contribution in [1.29, 1.82) is 0 Å². The number of nitrogens with zero attached hydrogens (tertiary/aromatic N) is 4. The molecule has 4 heteroatoms. The second kappa shape index (κ2) is 5.78. The molecule has 3 aromatic rings. The first-order valence-corrected chi connectivity index (χ1v) is 8.54. The minimum atomic E-state index is 0.347. The summed E-state index contributed by atoms with van der Waals surface area (Å²) in [5.74, 6) is 2.36. The van der Waals surface area contributed by atoms with Crippen molar-refractivity contribution in [1.82, 2.24) is 14.8 Å². The highest BCUT2D eigenvalue weighted by Crippen LogP contribution is 2.38. The second-order valence-electron chi connectivity index (χ2n) is 6.48. The van der Waals surface area contributed by atoms with Gasteiger partial charge in [-0.05, 0) is 44.5 Å². The monoisotopic (exact) mass is 318 g/mol. The van der Waals surface area contributed by atoms with Crippen LogP contribution in [-0.4, -0.2) is 21.3 Å². The van der Waals surface area contributed by atoms with Crippen LogP contribution in [0.1, 0.15) is 36.5 Å². The molecule has 1 aliphatic rings. The Bertz CT molecular complexity index is 864. The SMILES string of the molecule is CCC1CN(c2ccc(C)cc2)c2ccccc2-n2c(C)nnc21. The molecule has 0 spiro atoms. The molecular weight excluding hydrogens is 296 g/mol. The van der Waals surface area contributed by atoms with E-state index < -0.39 is 0 Å². The third-order valence-electron chi connectivity index (χ3n) is 4.87. The molecule has 122 valence electrons. The molecule has 0 amide bonds. The fourth-order valence-electron chi connectivity index (χ4n) is 3.50. The topological polar surface area (TPSA) is 34.0 Å². The van der Waals surface area contributed by atoms with Gasteiger partial charge in [-0.3, -0.25) is 4.57 Å². The highest BCUT2D eigenvalue weighted by Gasteiger charge is 2.29. The van der Waals surface area contributed by atoms with Gasteiger partial charge in [-0.1, -0.05) is 36.8 Å². The van der Waals surface area contributed by atoms with Gasteiger partial charge in [0.15, 0.2) is 0 Å². The maximum Gasteiger partial charge on any atom is 0.142 e. The first-order valence-electron chi connectivity index (χ1n) is 8.54. The van der Waals surface area contributed by atoms with Gasteiger partial charge in [0.1, 0.15) is 11.6 Å². The third kappa shape index (κ3) is 2.30. The summed E-state index contributed by atoms with van der Waals surface area (Å²) in [7, 11) is 0. The Labute approximate surface area is 142 Å². The van der Waals surface area contributed by atoms with E-state index in [2.05, 4.69) is 82.0 Å². The van der Waals surface area contributed by atoms with Crippen LogP contribution in [0.15, 0.2) is 48.5 Å². The summed E-state index contributed by atoms with van der Waals surface area (Å²) < 4.78 is 2.22. The van der Waals surface area contributed by atoms with Crippen LogP contribution < -0.4 is 4.90 Å². The number of para-hydroxylation sites is 2. The van der Waals surface area contributed by atoms with Gasteiger partial charge in [-0.15, -0.1) is 10.2 Å². The number of aromatic nitrogens is 3. The predicted octanol–water partition coefficient (Wildman–Crippen LogP) is 4.53. The van der Waals surface area contributed by atoms with Gasteiger partial charge in [0.2, 0.25) is 0 Å². The van der Waals surface area contributed by atoms with Crippen molar-refractivity contribution in [3.8, 4) is 5.69 Å². The van der Waals surface area contributed by atoms with Crippen LogP contribution in [-0.2, 0) is 0 Å². The van der Waals surface area contributed by atoms with E-state index in [1.807, 2.05) is 6.92 Å². The number of fused-ring (bicyclic) bond motifs is 3. The molecule has 0 fully saturated rings. The van der Waals surface area contributed by atoms with Crippen molar-refractivity contribution in [2.75, 3.05) is 11.4 Å². The highest BCUT2D eigenvalue weighted by atomic mass is 15.3. The van der Waals surface area contributed by atoms with Crippen molar-refractivity contribution in [3.05, 3.63) is 65.7 Å². The van der Waals surface area contributed by atoms with E-state index in [1.54, 1.807) is 0 Å². The molecule has 1 atom stereocenters. The van der Waals surface area contributed by atoms with Crippen LogP contribution in [0, 0.1) is 13.8 Å². The Morgan fingerprint density at radius 3 is 2.38 bits per heavy atom. The van der Waals surface area contributed by atoms with E-state index in [4.69, 9.17) is 0 Å². The molecule has 4 rings (SSSR count). The molecule has 1 unspecified atom stereocenters. The smallest absolute Gasteiger partial charge is 0.142 e. The molecule has 0 radical (unpaired) electrons. The lowest BCUT2D eigenvalue weighted by Crippen LogP contribution is -2.23. The normalized spacial score (nSPS) is 16.5. The largest absolute Gasteiger partial charge is 0.339 e. The van der Waals surface area contributed by atoms with Crippen molar-refractivity contribution in [2.45, 2.75) is 33.1 Å². The average Bonchev–Trinajstić information content (AvgIpc) is 2.91. The lowest BCUT2D eigenvalue weighted by atomic mass is 10.0. The zero-order chi connectivity index (χ0) is 16.7. The van der Waals surface area contributed by atoms with E-state index >= 15 is 0 Å². The molecule has 0 N–H and O–H groups in total. The van der Waals surface area contributed by atoms with Crippen molar-refractivity contribution >= 4 is 11.4 Å². The first kappa shape index (κ1) is 14.9. The maximum atomic E-state index is 4.50. The van der Waals surface area contributed by atoms with Crippen LogP contribution >= 0.6 is 0 Å². The van der Waals surface area contributed by atoms with Gasteiger partial charge < -0.3 is 4.90 Å². The molecule has 24 heavy (non-hydrogen) atoms. The standard InChI is InChI=1S/C20H22N4/c1-4-16-13-23(17-11-9-14(2)10-12-17)18-7-5-6-8-19(18)24-15(3)21-22-20(16)24/h5-12,16H,4,13H2,1-3H3. The Hall–Kier alpha value is -2.62. The molecule has 0 saturated heterocycles. The summed E-state index contributed by atoms with van der Waals surface area (Å²) in [5.41, 5.74) is 4.87. The lowest BCUT2D eigenvalue weighted by molar-refractivity contribution is 0.620. The van der Waals surface area contributed by atoms with Crippen LogP contribution in [0.3, 0.4) is 0 Å². The van der Waals surface area contributed by atoms with Crippen molar-refractivity contribution < 1.29 is 0 Å². The highest BCUT2D eigenvalue weighted by molar-refractivity contribution is 5.73. The van der Waals surface area contributed by atoms with Gasteiger partial charge in [0.25, 0.3) is 0 Å². The van der Waals surface area contributed by atoms with Crippen LogP contribution in [0.5, 0.6) is 0 Å². The average molecular weight is 318 g/mol. The van der Waals surface area contributed by atoms with Gasteiger partial charge in [0, 0.05) is 18.2 Å². The number of benzene rings is 2. The van der Waals surface area contributed by atoms with E-state index in [1.165, 1.54) is 16.9 Å². The Morgan fingerprint density at radius 1 is 0.958 bits per heavy atom. The second-order valence-corrected chi connectivity index (χ2v) is 6.48. The summed E-state index contributed by atoms with van der Waals surface area (Å²) in [6.45, 7) is 7.29. The maximum absolute atomic E-state index is 4.50. The predicted molar refractivity (Wildman–Crippen MR) is 97.3 cm³/mol.